The van der Waals surface area contributed by atoms with E-state index in [0.717, 1.165) is 24.2 Å². The molecule has 2 aliphatic rings. The molecule has 0 saturated carbocycles. The van der Waals surface area contributed by atoms with Gasteiger partial charge in [0.05, 0.1) is 10.7 Å². The number of rotatable bonds is 1. The van der Waals surface area contributed by atoms with Crippen molar-refractivity contribution in [1.29, 1.82) is 0 Å². The first-order valence-corrected chi connectivity index (χ1v) is 7.37. The average Bonchev–Trinajstić information content (AvgIpc) is 2.70. The molecule has 0 N–H and O–H groups in total. The van der Waals surface area contributed by atoms with Gasteiger partial charge in [0, 0.05) is 25.7 Å². The van der Waals surface area contributed by atoms with Crippen LogP contribution < -0.4 is 4.90 Å². The summed E-state index contributed by atoms with van der Waals surface area (Å²) >= 11 is 6.47. The van der Waals surface area contributed by atoms with Crippen LogP contribution in [-0.2, 0) is 0 Å². The van der Waals surface area contributed by atoms with Crippen molar-refractivity contribution in [1.82, 2.24) is 4.90 Å². The van der Waals surface area contributed by atoms with Gasteiger partial charge in [0.25, 0.3) is 0 Å². The summed E-state index contributed by atoms with van der Waals surface area (Å²) in [6.45, 7) is 6.91. The fraction of sp³-hybridized carbons (Fsp3) is 0.600. The van der Waals surface area contributed by atoms with E-state index in [1.165, 1.54) is 43.6 Å². The van der Waals surface area contributed by atoms with Gasteiger partial charge in [0.15, 0.2) is 0 Å². The molecule has 1 unspecified atom stereocenters. The maximum atomic E-state index is 6.47. The number of aryl methyl sites for hydroxylation is 1. The number of hydrogen-bond donors (Lipinski definition) is 0. The fourth-order valence-electron chi connectivity index (χ4n) is 3.30. The van der Waals surface area contributed by atoms with E-state index in [0.29, 0.717) is 0 Å². The average molecular weight is 265 g/mol. The lowest BCUT2D eigenvalue weighted by Crippen LogP contribution is -2.36. The molecule has 2 nitrogen and oxygen atoms in total. The largest absolute Gasteiger partial charge is 0.369 e. The van der Waals surface area contributed by atoms with E-state index in [-0.39, 0.29) is 0 Å². The zero-order chi connectivity index (χ0) is 12.5. The molecule has 2 fully saturated rings. The van der Waals surface area contributed by atoms with Crippen molar-refractivity contribution in [3.63, 3.8) is 0 Å². The molecule has 0 spiro atoms. The molecule has 1 aromatic rings. The van der Waals surface area contributed by atoms with Crippen LogP contribution >= 0.6 is 11.6 Å². The molecule has 98 valence electrons. The molecule has 0 bridgehead atoms. The number of hydrogen-bond acceptors (Lipinski definition) is 2. The van der Waals surface area contributed by atoms with Crippen LogP contribution in [0.25, 0.3) is 0 Å². The quantitative estimate of drug-likeness (QED) is 0.768. The summed E-state index contributed by atoms with van der Waals surface area (Å²) in [5.74, 6) is 0. The molecule has 3 heteroatoms. The van der Waals surface area contributed by atoms with Crippen molar-refractivity contribution in [3.05, 3.63) is 28.8 Å². The molecule has 2 aliphatic heterocycles. The van der Waals surface area contributed by atoms with Gasteiger partial charge < -0.3 is 4.90 Å². The van der Waals surface area contributed by atoms with Gasteiger partial charge in [-0.25, -0.2) is 0 Å². The van der Waals surface area contributed by atoms with Gasteiger partial charge in [0.1, 0.15) is 0 Å². The number of benzene rings is 1. The molecular formula is C15H21ClN2. The van der Waals surface area contributed by atoms with Gasteiger partial charge >= 0.3 is 0 Å². The molecule has 3 rings (SSSR count). The zero-order valence-electron chi connectivity index (χ0n) is 11.0. The number of anilines is 1. The second-order valence-corrected chi connectivity index (χ2v) is 5.92. The predicted molar refractivity (Wildman–Crippen MR) is 77.6 cm³/mol. The van der Waals surface area contributed by atoms with E-state index in [2.05, 4.69) is 34.9 Å². The lowest BCUT2D eigenvalue weighted by Gasteiger charge is -2.28. The summed E-state index contributed by atoms with van der Waals surface area (Å²) in [7, 11) is 0. The Kier molecular flexibility index (Phi) is 3.49. The highest BCUT2D eigenvalue weighted by molar-refractivity contribution is 6.34. The van der Waals surface area contributed by atoms with Crippen LogP contribution in [0.5, 0.6) is 0 Å². The highest BCUT2D eigenvalue weighted by Crippen LogP contribution is 2.31. The topological polar surface area (TPSA) is 6.48 Å². The third kappa shape index (κ3) is 2.24. The first kappa shape index (κ1) is 12.3. The molecule has 2 heterocycles. The Morgan fingerprint density at radius 2 is 2.00 bits per heavy atom. The van der Waals surface area contributed by atoms with Crippen LogP contribution in [0.4, 0.5) is 5.69 Å². The second-order valence-electron chi connectivity index (χ2n) is 5.54. The Hall–Kier alpha value is -0.730. The van der Waals surface area contributed by atoms with Gasteiger partial charge in [-0.2, -0.15) is 0 Å². The minimum atomic E-state index is 0.740. The third-order valence-corrected chi connectivity index (χ3v) is 4.81. The maximum Gasteiger partial charge on any atom is 0.0668 e. The van der Waals surface area contributed by atoms with E-state index in [9.17, 15) is 0 Å². The predicted octanol–water partition coefficient (Wildman–Crippen LogP) is 3.32. The Morgan fingerprint density at radius 3 is 2.89 bits per heavy atom. The summed E-state index contributed by atoms with van der Waals surface area (Å²) in [6.07, 6.45) is 3.96. The Bertz CT molecular complexity index is 433. The van der Waals surface area contributed by atoms with E-state index < -0.39 is 0 Å². The second kappa shape index (κ2) is 5.10. The molecular weight excluding hydrogens is 244 g/mol. The monoisotopic (exact) mass is 264 g/mol. The maximum absolute atomic E-state index is 6.47. The normalized spacial score (nSPS) is 25.0. The van der Waals surface area contributed by atoms with Gasteiger partial charge in [-0.15, -0.1) is 0 Å². The third-order valence-electron chi connectivity index (χ3n) is 4.32. The summed E-state index contributed by atoms with van der Waals surface area (Å²) < 4.78 is 0. The SMILES string of the molecule is Cc1cccc(N2CCCN3CCCC3C2)c1Cl. The molecule has 0 aliphatic carbocycles. The van der Waals surface area contributed by atoms with E-state index in [4.69, 9.17) is 11.6 Å². The number of fused-ring (bicyclic) bond motifs is 1. The first-order chi connectivity index (χ1) is 8.75. The molecule has 0 radical (unpaired) electrons. The van der Waals surface area contributed by atoms with Crippen molar-refractivity contribution in [2.45, 2.75) is 32.2 Å². The summed E-state index contributed by atoms with van der Waals surface area (Å²) in [4.78, 5) is 5.15. The van der Waals surface area contributed by atoms with Crippen LogP contribution in [0.2, 0.25) is 5.02 Å². The van der Waals surface area contributed by atoms with Crippen LogP contribution in [0.1, 0.15) is 24.8 Å². The van der Waals surface area contributed by atoms with Gasteiger partial charge in [-0.05, 0) is 44.4 Å². The van der Waals surface area contributed by atoms with Crippen LogP contribution in [0.3, 0.4) is 0 Å². The highest BCUT2D eigenvalue weighted by Gasteiger charge is 2.29. The smallest absolute Gasteiger partial charge is 0.0668 e. The molecule has 0 aromatic heterocycles. The lowest BCUT2D eigenvalue weighted by molar-refractivity contribution is 0.273. The van der Waals surface area contributed by atoms with Crippen molar-refractivity contribution in [3.8, 4) is 0 Å². The number of halogens is 1. The van der Waals surface area contributed by atoms with E-state index in [1.807, 2.05) is 0 Å². The Labute approximate surface area is 115 Å². The van der Waals surface area contributed by atoms with Crippen molar-refractivity contribution >= 4 is 17.3 Å². The minimum Gasteiger partial charge on any atom is -0.369 e. The molecule has 1 atom stereocenters. The fourth-order valence-corrected chi connectivity index (χ4v) is 3.55. The first-order valence-electron chi connectivity index (χ1n) is 7.00. The zero-order valence-corrected chi connectivity index (χ0v) is 11.8. The van der Waals surface area contributed by atoms with Crippen molar-refractivity contribution in [2.24, 2.45) is 0 Å². The van der Waals surface area contributed by atoms with Gasteiger partial charge in [-0.3, -0.25) is 4.90 Å². The standard InChI is InChI=1S/C15H21ClN2/c1-12-5-2-7-14(15(12)16)18-10-4-9-17-8-3-6-13(17)11-18/h2,5,7,13H,3-4,6,8-11H2,1H3. The molecule has 2 saturated heterocycles. The highest BCUT2D eigenvalue weighted by atomic mass is 35.5. The van der Waals surface area contributed by atoms with Gasteiger partial charge in [0.2, 0.25) is 0 Å². The molecule has 0 amide bonds. The molecule has 18 heavy (non-hydrogen) atoms. The van der Waals surface area contributed by atoms with Crippen LogP contribution in [0.15, 0.2) is 18.2 Å². The van der Waals surface area contributed by atoms with E-state index in [1.54, 1.807) is 0 Å². The minimum absolute atomic E-state index is 0.740. The van der Waals surface area contributed by atoms with E-state index >= 15 is 0 Å². The van der Waals surface area contributed by atoms with Crippen molar-refractivity contribution < 1.29 is 0 Å². The summed E-state index contributed by atoms with van der Waals surface area (Å²) in [5.41, 5.74) is 2.41. The van der Waals surface area contributed by atoms with Crippen molar-refractivity contribution in [2.75, 3.05) is 31.1 Å². The Morgan fingerprint density at radius 1 is 1.17 bits per heavy atom. The van der Waals surface area contributed by atoms with Crippen LogP contribution in [-0.4, -0.2) is 37.1 Å². The van der Waals surface area contributed by atoms with Gasteiger partial charge in [-0.1, -0.05) is 23.7 Å². The summed E-state index contributed by atoms with van der Waals surface area (Å²) in [5, 5.41) is 0.934. The number of nitrogens with zero attached hydrogens (tertiary/aromatic N) is 2. The Balaban J connectivity index is 1.85. The summed E-state index contributed by atoms with van der Waals surface area (Å²) in [6, 6.07) is 7.11. The lowest BCUT2D eigenvalue weighted by atomic mass is 10.1. The molecule has 1 aromatic carbocycles. The van der Waals surface area contributed by atoms with Crippen LogP contribution in [0, 0.1) is 6.92 Å².